The van der Waals surface area contributed by atoms with Gasteiger partial charge in [0.05, 0.1) is 17.7 Å². The fourth-order valence-electron chi connectivity index (χ4n) is 5.47. The van der Waals surface area contributed by atoms with Gasteiger partial charge in [0.15, 0.2) is 0 Å². The number of aromatic nitrogens is 1. The van der Waals surface area contributed by atoms with Crippen LogP contribution < -0.4 is 15.4 Å². The second-order valence-corrected chi connectivity index (χ2v) is 12.2. The summed E-state index contributed by atoms with van der Waals surface area (Å²) in [5.41, 5.74) is 0.669. The second-order valence-electron chi connectivity index (χ2n) is 12.2. The van der Waals surface area contributed by atoms with Gasteiger partial charge in [-0.05, 0) is 66.8 Å². The predicted molar refractivity (Wildman–Crippen MR) is 139 cm³/mol. The van der Waals surface area contributed by atoms with Gasteiger partial charge in [0.2, 0.25) is 11.8 Å². The number of rotatable bonds is 8. The lowest BCUT2D eigenvalue weighted by Crippen LogP contribution is -2.52. The fraction of sp³-hybridized carbons (Fsp3) is 0.586. The van der Waals surface area contributed by atoms with E-state index in [0.717, 1.165) is 42.9 Å². The lowest BCUT2D eigenvalue weighted by molar-refractivity contribution is -0.140. The molecule has 39 heavy (non-hydrogen) atoms. The van der Waals surface area contributed by atoms with Crippen LogP contribution in [0.1, 0.15) is 81.7 Å². The molecule has 2 heterocycles. The number of halogens is 4. The maximum Gasteiger partial charge on any atom is 0.419 e. The van der Waals surface area contributed by atoms with Gasteiger partial charge in [-0.15, -0.1) is 0 Å². The summed E-state index contributed by atoms with van der Waals surface area (Å²) in [6, 6.07) is 3.76. The first-order chi connectivity index (χ1) is 18.1. The number of fused-ring (bicyclic) bond motifs is 1. The quantitative estimate of drug-likeness (QED) is 0.390. The van der Waals surface area contributed by atoms with Crippen LogP contribution in [-0.4, -0.2) is 40.3 Å². The van der Waals surface area contributed by atoms with Crippen molar-refractivity contribution in [3.05, 3.63) is 58.5 Å². The number of hydrogen-bond donors (Lipinski definition) is 3. The Morgan fingerprint density at radius 1 is 1.21 bits per heavy atom. The molecule has 10 heteroatoms. The summed E-state index contributed by atoms with van der Waals surface area (Å²) < 4.78 is 59.3. The Bertz CT molecular complexity index is 1190. The molecule has 2 aliphatic rings. The van der Waals surface area contributed by atoms with Crippen molar-refractivity contribution in [2.45, 2.75) is 96.2 Å². The molecule has 214 valence electrons. The minimum absolute atomic E-state index is 0.0386. The summed E-state index contributed by atoms with van der Waals surface area (Å²) in [5, 5.41) is 17.2. The molecule has 3 atom stereocenters. The Morgan fingerprint density at radius 2 is 1.92 bits per heavy atom. The van der Waals surface area contributed by atoms with Gasteiger partial charge in [-0.25, -0.2) is 9.37 Å². The highest BCUT2D eigenvalue weighted by Gasteiger charge is 2.46. The van der Waals surface area contributed by atoms with Crippen LogP contribution in [0.5, 0.6) is 5.88 Å². The first-order valence-corrected chi connectivity index (χ1v) is 13.4. The van der Waals surface area contributed by atoms with Crippen LogP contribution >= 0.6 is 0 Å². The number of pyridine rings is 1. The van der Waals surface area contributed by atoms with Crippen LogP contribution in [-0.2, 0) is 23.8 Å². The Morgan fingerprint density at radius 3 is 2.49 bits per heavy atom. The van der Waals surface area contributed by atoms with Gasteiger partial charge in [-0.1, -0.05) is 26.8 Å². The summed E-state index contributed by atoms with van der Waals surface area (Å²) in [6.07, 6.45) is 0.383. The zero-order chi connectivity index (χ0) is 28.6. The normalized spacial score (nSPS) is 20.0. The minimum Gasteiger partial charge on any atom is -0.471 e. The number of aliphatic hydroxyl groups is 1. The number of ether oxygens (including phenoxy) is 1. The van der Waals surface area contributed by atoms with Gasteiger partial charge in [0, 0.05) is 37.7 Å². The summed E-state index contributed by atoms with van der Waals surface area (Å²) in [6.45, 7) is 7.85. The first kappa shape index (κ1) is 29.3. The van der Waals surface area contributed by atoms with E-state index in [2.05, 4.69) is 42.5 Å². The largest absolute Gasteiger partial charge is 0.471 e. The molecule has 0 bridgehead atoms. The monoisotopic (exact) mass is 551 g/mol. The number of amides is 1. The molecule has 1 aromatic heterocycles. The first-order valence-electron chi connectivity index (χ1n) is 13.4. The highest BCUT2D eigenvalue weighted by molar-refractivity contribution is 5.73. The number of benzene rings is 1. The summed E-state index contributed by atoms with van der Waals surface area (Å²) in [7, 11) is 0. The number of nitrogens with one attached hydrogen (secondary N) is 2. The lowest BCUT2D eigenvalue weighted by atomic mass is 9.73. The average molecular weight is 552 g/mol. The molecule has 1 aromatic carbocycles. The molecule has 1 spiro atoms. The van der Waals surface area contributed by atoms with Gasteiger partial charge < -0.3 is 20.5 Å². The molecule has 0 unspecified atom stereocenters. The smallest absolute Gasteiger partial charge is 0.419 e. The Labute approximate surface area is 226 Å². The molecule has 1 aliphatic heterocycles. The van der Waals surface area contributed by atoms with Gasteiger partial charge >= 0.3 is 6.18 Å². The van der Waals surface area contributed by atoms with E-state index in [1.54, 1.807) is 0 Å². The van der Waals surface area contributed by atoms with Crippen molar-refractivity contribution in [3.63, 3.8) is 0 Å². The maximum absolute atomic E-state index is 14.1. The van der Waals surface area contributed by atoms with E-state index < -0.39 is 35.6 Å². The molecule has 1 aliphatic carbocycles. The van der Waals surface area contributed by atoms with E-state index in [0.29, 0.717) is 18.4 Å². The summed E-state index contributed by atoms with van der Waals surface area (Å²) >= 11 is 0. The van der Waals surface area contributed by atoms with E-state index in [9.17, 15) is 27.5 Å². The van der Waals surface area contributed by atoms with Crippen molar-refractivity contribution in [2.75, 3.05) is 6.54 Å². The number of nitrogens with zero attached hydrogens (tertiary/aromatic N) is 1. The van der Waals surface area contributed by atoms with E-state index in [1.165, 1.54) is 13.0 Å². The average Bonchev–Trinajstić information content (AvgIpc) is 2.78. The zero-order valence-electron chi connectivity index (χ0n) is 22.8. The Hall–Kier alpha value is -2.72. The Balaban J connectivity index is 1.50. The van der Waals surface area contributed by atoms with Gasteiger partial charge in [0.1, 0.15) is 11.4 Å². The van der Waals surface area contributed by atoms with Crippen molar-refractivity contribution in [1.29, 1.82) is 0 Å². The maximum atomic E-state index is 14.1. The number of carbonyl (C=O) groups excluding carboxylic acids is 1. The molecule has 3 N–H and O–H groups in total. The number of aliphatic hydroxyl groups excluding tert-OH is 1. The van der Waals surface area contributed by atoms with Crippen LogP contribution in [0.25, 0.3) is 0 Å². The lowest BCUT2D eigenvalue weighted by Gasteiger charge is -2.47. The molecule has 0 saturated heterocycles. The van der Waals surface area contributed by atoms with Crippen molar-refractivity contribution in [3.8, 4) is 5.88 Å². The van der Waals surface area contributed by atoms with Crippen molar-refractivity contribution >= 4 is 5.91 Å². The molecule has 1 saturated carbocycles. The van der Waals surface area contributed by atoms with Crippen LogP contribution in [0.15, 0.2) is 30.5 Å². The van der Waals surface area contributed by atoms with Crippen molar-refractivity contribution < 1.29 is 32.2 Å². The predicted octanol–water partition coefficient (Wildman–Crippen LogP) is 5.27. The third kappa shape index (κ3) is 7.28. The number of alkyl halides is 3. The van der Waals surface area contributed by atoms with Gasteiger partial charge in [-0.2, -0.15) is 13.2 Å². The Kier molecular flexibility index (Phi) is 8.28. The number of carbonyl (C=O) groups is 1. The highest BCUT2D eigenvalue weighted by atomic mass is 19.4. The van der Waals surface area contributed by atoms with Gasteiger partial charge in [-0.3, -0.25) is 4.79 Å². The van der Waals surface area contributed by atoms with Crippen molar-refractivity contribution in [2.24, 2.45) is 5.41 Å². The minimum atomic E-state index is -4.80. The molecule has 0 radical (unpaired) electrons. The molecule has 6 nitrogen and oxygen atoms in total. The third-order valence-corrected chi connectivity index (χ3v) is 7.42. The van der Waals surface area contributed by atoms with E-state index >= 15 is 0 Å². The molecular weight excluding hydrogens is 514 g/mol. The zero-order valence-corrected chi connectivity index (χ0v) is 22.8. The van der Waals surface area contributed by atoms with Crippen LogP contribution in [0.3, 0.4) is 0 Å². The van der Waals surface area contributed by atoms with Crippen LogP contribution in [0, 0.1) is 11.2 Å². The highest BCUT2D eigenvalue weighted by Crippen LogP contribution is 2.48. The standard InChI is InChI=1S/C29H37F4N3O3/c1-17(37)36-23(12-18-6-7-21(22(30)11-18)29(31,32)33)25(38)16-34-24-14-28(8-5-9-28)39-26-20(24)10-19(15-35-26)13-27(2,3)4/h6-7,10-11,15,23-25,34,38H,5,8-9,12-14,16H2,1-4H3,(H,36,37)/t23-,24-,25-/m0/s1. The fourth-order valence-corrected chi connectivity index (χ4v) is 5.47. The molecular formula is C29H37F4N3O3. The van der Waals surface area contributed by atoms with Crippen LogP contribution in [0.2, 0.25) is 0 Å². The van der Waals surface area contributed by atoms with Crippen molar-refractivity contribution in [1.82, 2.24) is 15.6 Å². The molecule has 2 aromatic rings. The molecule has 1 amide bonds. The van der Waals surface area contributed by atoms with E-state index in [4.69, 9.17) is 4.74 Å². The topological polar surface area (TPSA) is 83.5 Å². The van der Waals surface area contributed by atoms with Gasteiger partial charge in [0.25, 0.3) is 0 Å². The van der Waals surface area contributed by atoms with E-state index in [1.807, 2.05) is 6.20 Å². The number of hydrogen-bond acceptors (Lipinski definition) is 5. The summed E-state index contributed by atoms with van der Waals surface area (Å²) in [5.74, 6) is -1.21. The van der Waals surface area contributed by atoms with Crippen LogP contribution in [0.4, 0.5) is 17.6 Å². The van der Waals surface area contributed by atoms with E-state index in [-0.39, 0.29) is 35.6 Å². The molecule has 1 fully saturated rings. The molecule has 4 rings (SSSR count). The second kappa shape index (κ2) is 11.0. The summed E-state index contributed by atoms with van der Waals surface area (Å²) in [4.78, 5) is 16.5. The third-order valence-electron chi connectivity index (χ3n) is 7.42. The SMILES string of the molecule is CC(=O)N[C@@H](Cc1ccc(C(F)(F)F)c(F)c1)[C@@H](O)CN[C@H]1CC2(CCC2)Oc2ncc(CC(C)(C)C)cc21.